The lowest BCUT2D eigenvalue weighted by atomic mass is 10.1. The molecule has 10 heteroatoms. The summed E-state index contributed by atoms with van der Waals surface area (Å²) in [5, 5.41) is 14.0. The number of amides is 2. The minimum atomic E-state index is -0.323. The van der Waals surface area contributed by atoms with E-state index in [0.29, 0.717) is 34.5 Å². The van der Waals surface area contributed by atoms with Crippen LogP contribution in [0, 0.1) is 5.82 Å². The summed E-state index contributed by atoms with van der Waals surface area (Å²) in [5.74, 6) is 0.615. The Morgan fingerprint density at radius 1 is 0.971 bits per heavy atom. The van der Waals surface area contributed by atoms with Crippen molar-refractivity contribution in [2.75, 3.05) is 11.1 Å². The number of halogens is 1. The van der Waals surface area contributed by atoms with E-state index in [-0.39, 0.29) is 23.4 Å². The number of carbonyl (C=O) groups is 2. The van der Waals surface area contributed by atoms with E-state index < -0.39 is 0 Å². The highest BCUT2D eigenvalue weighted by molar-refractivity contribution is 7.99. The van der Waals surface area contributed by atoms with Gasteiger partial charge in [-0.1, -0.05) is 23.9 Å². The Kier molecular flexibility index (Phi) is 7.74. The van der Waals surface area contributed by atoms with Crippen molar-refractivity contribution in [1.29, 1.82) is 0 Å². The molecule has 0 bridgehead atoms. The molecular formula is C25H22FN5O3S. The van der Waals surface area contributed by atoms with Crippen LogP contribution < -0.4 is 15.4 Å². The largest absolute Gasteiger partial charge is 0.457 e. The van der Waals surface area contributed by atoms with Crippen molar-refractivity contribution in [3.63, 3.8) is 0 Å². The zero-order valence-corrected chi connectivity index (χ0v) is 19.6. The van der Waals surface area contributed by atoms with Gasteiger partial charge >= 0.3 is 0 Å². The maximum Gasteiger partial charge on any atom is 0.251 e. The van der Waals surface area contributed by atoms with Crippen molar-refractivity contribution in [3.8, 4) is 11.5 Å². The molecule has 4 rings (SSSR count). The number of hydrogen-bond acceptors (Lipinski definition) is 6. The molecular weight excluding hydrogens is 469 g/mol. The topological polar surface area (TPSA) is 98.1 Å². The van der Waals surface area contributed by atoms with Crippen molar-refractivity contribution in [3.05, 3.63) is 96.1 Å². The van der Waals surface area contributed by atoms with Gasteiger partial charge in [0.05, 0.1) is 5.75 Å². The smallest absolute Gasteiger partial charge is 0.251 e. The number of rotatable bonds is 9. The summed E-state index contributed by atoms with van der Waals surface area (Å²) in [7, 11) is 1.81. The minimum Gasteiger partial charge on any atom is -0.457 e. The van der Waals surface area contributed by atoms with E-state index in [1.165, 1.54) is 23.9 Å². The number of aromatic nitrogens is 3. The van der Waals surface area contributed by atoms with Crippen LogP contribution >= 0.6 is 11.8 Å². The molecule has 0 atom stereocenters. The number of nitrogens with zero attached hydrogens (tertiary/aromatic N) is 3. The molecule has 8 nitrogen and oxygen atoms in total. The van der Waals surface area contributed by atoms with Crippen LogP contribution in [-0.2, 0) is 18.4 Å². The highest BCUT2D eigenvalue weighted by atomic mass is 32.2. The van der Waals surface area contributed by atoms with Crippen LogP contribution in [0.15, 0.2) is 84.3 Å². The molecule has 0 fully saturated rings. The van der Waals surface area contributed by atoms with Crippen LogP contribution in [-0.4, -0.2) is 32.3 Å². The van der Waals surface area contributed by atoms with Gasteiger partial charge in [-0.2, -0.15) is 0 Å². The molecule has 0 saturated heterocycles. The van der Waals surface area contributed by atoms with Gasteiger partial charge in [0.15, 0.2) is 5.16 Å². The zero-order chi connectivity index (χ0) is 24.6. The number of thioether (sulfide) groups is 1. The summed E-state index contributed by atoms with van der Waals surface area (Å²) < 4.78 is 20.4. The first-order valence-electron chi connectivity index (χ1n) is 10.6. The normalized spacial score (nSPS) is 10.6. The maximum atomic E-state index is 13.0. The number of anilines is 1. The van der Waals surface area contributed by atoms with Crippen molar-refractivity contribution < 1.29 is 18.7 Å². The van der Waals surface area contributed by atoms with Gasteiger partial charge in [-0.3, -0.25) is 9.59 Å². The quantitative estimate of drug-likeness (QED) is 0.337. The van der Waals surface area contributed by atoms with Gasteiger partial charge in [0, 0.05) is 24.8 Å². The molecule has 0 aliphatic rings. The van der Waals surface area contributed by atoms with Gasteiger partial charge in [-0.25, -0.2) is 4.39 Å². The Bertz CT molecular complexity index is 1290. The number of ether oxygens (including phenoxy) is 1. The monoisotopic (exact) mass is 491 g/mol. The molecule has 178 valence electrons. The molecule has 4 aromatic rings. The van der Waals surface area contributed by atoms with Crippen LogP contribution in [0.1, 0.15) is 15.9 Å². The molecule has 2 N–H and O–H groups in total. The standard InChI is InChI=1S/C25H22FN5O3S/c1-31-16-28-30-25(31)35-15-23(32)29-20-8-4-18(5-9-20)24(33)27-14-17-2-10-21(11-3-17)34-22-12-6-19(26)7-13-22/h2-13,16H,14-15H2,1H3,(H,27,33)(H,29,32). The average molecular weight is 492 g/mol. The number of hydrogen-bond donors (Lipinski definition) is 2. The Balaban J connectivity index is 1.23. The van der Waals surface area contributed by atoms with Gasteiger partial charge in [0.1, 0.15) is 23.6 Å². The molecule has 1 heterocycles. The fraction of sp³-hybridized carbons (Fsp3) is 0.120. The number of nitrogens with one attached hydrogen (secondary N) is 2. The summed E-state index contributed by atoms with van der Waals surface area (Å²) in [4.78, 5) is 24.6. The van der Waals surface area contributed by atoms with Gasteiger partial charge in [0.25, 0.3) is 5.91 Å². The second kappa shape index (κ2) is 11.3. The first kappa shape index (κ1) is 24.0. The number of carbonyl (C=O) groups excluding carboxylic acids is 2. The molecule has 0 spiro atoms. The average Bonchev–Trinajstić information content (AvgIpc) is 3.28. The zero-order valence-electron chi connectivity index (χ0n) is 18.8. The third-order valence-electron chi connectivity index (χ3n) is 4.86. The first-order valence-corrected chi connectivity index (χ1v) is 11.6. The van der Waals surface area contributed by atoms with Gasteiger partial charge < -0.3 is 19.9 Å². The van der Waals surface area contributed by atoms with E-state index in [0.717, 1.165) is 5.56 Å². The molecule has 0 saturated carbocycles. The molecule has 2 amide bonds. The second-order valence-corrected chi connectivity index (χ2v) is 8.46. The third-order valence-corrected chi connectivity index (χ3v) is 5.89. The minimum absolute atomic E-state index is 0.179. The van der Waals surface area contributed by atoms with Crippen LogP contribution in [0.2, 0.25) is 0 Å². The highest BCUT2D eigenvalue weighted by Crippen LogP contribution is 2.22. The van der Waals surface area contributed by atoms with E-state index in [4.69, 9.17) is 4.74 Å². The predicted molar refractivity (Wildman–Crippen MR) is 131 cm³/mol. The second-order valence-electron chi connectivity index (χ2n) is 7.52. The van der Waals surface area contributed by atoms with Crippen molar-refractivity contribution in [1.82, 2.24) is 20.1 Å². The van der Waals surface area contributed by atoms with Gasteiger partial charge in [-0.15, -0.1) is 10.2 Å². The van der Waals surface area contributed by atoms with E-state index in [1.54, 1.807) is 59.4 Å². The van der Waals surface area contributed by atoms with Crippen LogP contribution in [0.5, 0.6) is 11.5 Å². The van der Waals surface area contributed by atoms with Crippen molar-refractivity contribution in [2.24, 2.45) is 7.05 Å². The molecule has 3 aromatic carbocycles. The summed E-state index contributed by atoms with van der Waals surface area (Å²) in [6.07, 6.45) is 1.57. The molecule has 0 aliphatic heterocycles. The predicted octanol–water partition coefficient (Wildman–Crippen LogP) is 4.41. The Morgan fingerprint density at radius 3 is 2.26 bits per heavy atom. The number of benzene rings is 3. The molecule has 1 aromatic heterocycles. The lowest BCUT2D eigenvalue weighted by Crippen LogP contribution is -2.22. The van der Waals surface area contributed by atoms with E-state index in [2.05, 4.69) is 20.8 Å². The summed E-state index contributed by atoms with van der Waals surface area (Å²) in [5.41, 5.74) is 1.98. The van der Waals surface area contributed by atoms with Crippen LogP contribution in [0.25, 0.3) is 0 Å². The fourth-order valence-corrected chi connectivity index (χ4v) is 3.72. The SMILES string of the molecule is Cn1cnnc1SCC(=O)Nc1ccc(C(=O)NCc2ccc(Oc3ccc(F)cc3)cc2)cc1. The summed E-state index contributed by atoms with van der Waals surface area (Å²) >= 11 is 1.29. The Morgan fingerprint density at radius 2 is 1.63 bits per heavy atom. The molecule has 0 radical (unpaired) electrons. The summed E-state index contributed by atoms with van der Waals surface area (Å²) in [6.45, 7) is 0.341. The van der Waals surface area contributed by atoms with Gasteiger partial charge in [0.2, 0.25) is 5.91 Å². The maximum absolute atomic E-state index is 13.0. The molecule has 0 aliphatic carbocycles. The van der Waals surface area contributed by atoms with Crippen molar-refractivity contribution in [2.45, 2.75) is 11.7 Å². The Labute approximate surface area is 205 Å². The first-order chi connectivity index (χ1) is 17.0. The lowest BCUT2D eigenvalue weighted by molar-refractivity contribution is -0.113. The lowest BCUT2D eigenvalue weighted by Gasteiger charge is -2.09. The van der Waals surface area contributed by atoms with Crippen LogP contribution in [0.3, 0.4) is 0 Å². The highest BCUT2D eigenvalue weighted by Gasteiger charge is 2.09. The third kappa shape index (κ3) is 6.90. The molecule has 35 heavy (non-hydrogen) atoms. The fourth-order valence-electron chi connectivity index (χ4n) is 3.03. The molecule has 0 unspecified atom stereocenters. The van der Waals surface area contributed by atoms with E-state index >= 15 is 0 Å². The van der Waals surface area contributed by atoms with Gasteiger partial charge in [-0.05, 0) is 66.2 Å². The Hall–Kier alpha value is -4.18. The van der Waals surface area contributed by atoms with E-state index in [1.807, 2.05) is 19.2 Å². The van der Waals surface area contributed by atoms with Crippen molar-refractivity contribution >= 4 is 29.3 Å². The van der Waals surface area contributed by atoms with E-state index in [9.17, 15) is 14.0 Å². The van der Waals surface area contributed by atoms with Crippen LogP contribution in [0.4, 0.5) is 10.1 Å². The number of aryl methyl sites for hydroxylation is 1. The summed E-state index contributed by atoms with van der Waals surface area (Å²) in [6, 6.07) is 19.7.